The summed E-state index contributed by atoms with van der Waals surface area (Å²) in [6.07, 6.45) is 0. The van der Waals surface area contributed by atoms with Gasteiger partial charge in [0.2, 0.25) is 0 Å². The van der Waals surface area contributed by atoms with Crippen molar-refractivity contribution in [1.82, 2.24) is 29.9 Å². The Morgan fingerprint density at radius 1 is 0.183 bits per heavy atom. The molecule has 0 saturated heterocycles. The zero-order valence-corrected chi connectivity index (χ0v) is 56.0. The molecule has 8 heteroatoms. The average Bonchev–Trinajstić information content (AvgIpc) is 1.50. The van der Waals surface area contributed by atoms with E-state index in [0.717, 1.165) is 128 Å². The van der Waals surface area contributed by atoms with E-state index >= 15 is 0 Å². The number of rotatable bonds is 9. The second kappa shape index (κ2) is 23.4. The minimum absolute atomic E-state index is 0.511. The topological polar surface area (TPSA) is 95.8 Å². The second-order valence-electron chi connectivity index (χ2n) is 27.0. The lowest BCUT2D eigenvalue weighted by molar-refractivity contribution is 0.437. The third-order valence-electron chi connectivity index (χ3n) is 21.6. The van der Waals surface area contributed by atoms with Crippen LogP contribution >= 0.6 is 0 Å². The van der Waals surface area contributed by atoms with Crippen molar-refractivity contribution in [2.45, 2.75) is 10.8 Å². The van der Waals surface area contributed by atoms with Gasteiger partial charge < -0.3 is 9.47 Å². The zero-order chi connectivity index (χ0) is 68.5. The Morgan fingerprint density at radius 3 is 1.05 bits per heavy atom. The highest BCUT2D eigenvalue weighted by Gasteiger charge is 2.53. The lowest BCUT2D eigenvalue weighted by Gasteiger charge is -2.40. The second-order valence-corrected chi connectivity index (χ2v) is 27.0. The molecule has 15 aromatic carbocycles. The molecule has 17 aromatic rings. The first kappa shape index (κ1) is 59.1. The average molecular weight is 1330 g/mol. The van der Waals surface area contributed by atoms with Gasteiger partial charge in [-0.05, 0) is 119 Å². The molecule has 104 heavy (non-hydrogen) atoms. The van der Waals surface area contributed by atoms with E-state index in [4.69, 9.17) is 39.4 Å². The van der Waals surface area contributed by atoms with E-state index in [1.54, 1.807) is 0 Å². The molecule has 0 saturated carbocycles. The number of nitrogens with zero attached hydrogens (tertiary/aromatic N) is 6. The van der Waals surface area contributed by atoms with E-state index in [-0.39, 0.29) is 0 Å². The van der Waals surface area contributed by atoms with Crippen LogP contribution in [0.25, 0.3) is 135 Å². The Balaban J connectivity index is 0.681. The SMILES string of the molecule is c1ccc(-c2ccc(-c3nc(-c4ccc(-c5ccccc5-c5ccc6c(c5)-c5ccccc5C65c6ccccc6Oc6c(-c7nc(-c8ccccc8)nc(-c8cccc9ccccc89)n7)cccc65)cc4)nc(-c4cccc5c4Oc4ccccc4C54c5ccccc5-c5ccccc54)n3)cc2)cc1. The van der Waals surface area contributed by atoms with Crippen LogP contribution in [0.1, 0.15) is 44.5 Å². The van der Waals surface area contributed by atoms with Crippen LogP contribution in [0, 0.1) is 0 Å². The molecule has 2 aliphatic heterocycles. The lowest BCUT2D eigenvalue weighted by Crippen LogP contribution is -2.32. The number of benzene rings is 15. The predicted molar refractivity (Wildman–Crippen MR) is 414 cm³/mol. The quantitative estimate of drug-likeness (QED) is 0.141. The van der Waals surface area contributed by atoms with E-state index < -0.39 is 10.8 Å². The van der Waals surface area contributed by atoms with Crippen LogP contribution < -0.4 is 9.47 Å². The Kier molecular flexibility index (Phi) is 13.3. The van der Waals surface area contributed by atoms with E-state index in [1.165, 1.54) is 33.4 Å². The van der Waals surface area contributed by atoms with Crippen LogP contribution in [0.4, 0.5) is 0 Å². The molecule has 4 heterocycles. The smallest absolute Gasteiger partial charge is 0.167 e. The summed E-state index contributed by atoms with van der Waals surface area (Å²) in [6.45, 7) is 0. The van der Waals surface area contributed by atoms with Crippen LogP contribution in [0.3, 0.4) is 0 Å². The molecule has 0 N–H and O–H groups in total. The molecule has 0 radical (unpaired) electrons. The van der Waals surface area contributed by atoms with Crippen LogP contribution in [0.5, 0.6) is 23.0 Å². The largest absolute Gasteiger partial charge is 0.456 e. The molecule has 484 valence electrons. The van der Waals surface area contributed by atoms with Gasteiger partial charge in [0.15, 0.2) is 34.9 Å². The summed E-state index contributed by atoms with van der Waals surface area (Å²) in [5, 5.41) is 2.17. The van der Waals surface area contributed by atoms with Crippen molar-refractivity contribution in [3.63, 3.8) is 0 Å². The molecule has 2 aliphatic carbocycles. The summed E-state index contributed by atoms with van der Waals surface area (Å²) in [6, 6.07) is 125. The molecule has 1 unspecified atom stereocenters. The van der Waals surface area contributed by atoms with Crippen molar-refractivity contribution in [1.29, 1.82) is 0 Å². The van der Waals surface area contributed by atoms with Gasteiger partial charge >= 0.3 is 0 Å². The van der Waals surface area contributed by atoms with Crippen molar-refractivity contribution in [2.24, 2.45) is 0 Å². The lowest BCUT2D eigenvalue weighted by atomic mass is 9.65. The molecule has 2 spiro atoms. The monoisotopic (exact) mass is 1330 g/mol. The maximum absolute atomic E-state index is 7.26. The molecule has 21 rings (SSSR count). The van der Waals surface area contributed by atoms with Crippen molar-refractivity contribution >= 4 is 10.8 Å². The Morgan fingerprint density at radius 2 is 0.500 bits per heavy atom. The van der Waals surface area contributed by atoms with Gasteiger partial charge in [0.05, 0.1) is 22.0 Å². The number of hydrogen-bond donors (Lipinski definition) is 0. The van der Waals surface area contributed by atoms with E-state index in [9.17, 15) is 0 Å². The minimum Gasteiger partial charge on any atom is -0.456 e. The fourth-order valence-corrected chi connectivity index (χ4v) is 17.1. The molecule has 1 atom stereocenters. The molecule has 0 fully saturated rings. The first-order valence-corrected chi connectivity index (χ1v) is 35.2. The highest BCUT2D eigenvalue weighted by Crippen LogP contribution is 2.65. The van der Waals surface area contributed by atoms with Crippen molar-refractivity contribution in [3.8, 4) is 147 Å². The highest BCUT2D eigenvalue weighted by atomic mass is 16.5. The fourth-order valence-electron chi connectivity index (χ4n) is 17.1. The predicted octanol–water partition coefficient (Wildman–Crippen LogP) is 23.2. The van der Waals surface area contributed by atoms with Crippen molar-refractivity contribution < 1.29 is 9.47 Å². The van der Waals surface area contributed by atoms with Crippen molar-refractivity contribution in [2.75, 3.05) is 0 Å². The van der Waals surface area contributed by atoms with Gasteiger partial charge in [-0.25, -0.2) is 29.9 Å². The van der Waals surface area contributed by atoms with Gasteiger partial charge in [0, 0.05) is 44.5 Å². The molecular weight excluding hydrogens is 1270 g/mol. The van der Waals surface area contributed by atoms with E-state index in [1.807, 2.05) is 24.3 Å². The van der Waals surface area contributed by atoms with Gasteiger partial charge in [-0.15, -0.1) is 0 Å². The van der Waals surface area contributed by atoms with Crippen LogP contribution in [-0.4, -0.2) is 29.9 Å². The third kappa shape index (κ3) is 8.92. The summed E-state index contributed by atoms with van der Waals surface area (Å²) in [5.41, 5.74) is 23.9. The number of aromatic nitrogens is 6. The molecule has 8 nitrogen and oxygen atoms in total. The van der Waals surface area contributed by atoms with E-state index in [2.05, 4.69) is 328 Å². The fraction of sp³-hybridized carbons (Fsp3) is 0.0208. The Hall–Kier alpha value is -13.8. The summed E-state index contributed by atoms with van der Waals surface area (Å²) in [5.74, 6) is 6.29. The number of fused-ring (bicyclic) bond motifs is 19. The summed E-state index contributed by atoms with van der Waals surface area (Å²) < 4.78 is 14.5. The van der Waals surface area contributed by atoms with Crippen LogP contribution in [0.15, 0.2) is 352 Å². The number of para-hydroxylation sites is 4. The maximum atomic E-state index is 7.26. The Bertz CT molecular complexity index is 6320. The normalized spacial score (nSPS) is 14.2. The Labute approximate surface area is 600 Å². The van der Waals surface area contributed by atoms with Gasteiger partial charge in [-0.3, -0.25) is 0 Å². The molecule has 4 aliphatic rings. The first-order chi connectivity index (χ1) is 51.5. The zero-order valence-electron chi connectivity index (χ0n) is 56.0. The third-order valence-corrected chi connectivity index (χ3v) is 21.6. The van der Waals surface area contributed by atoms with Gasteiger partial charge in [-0.1, -0.05) is 322 Å². The van der Waals surface area contributed by atoms with Gasteiger partial charge in [0.1, 0.15) is 23.0 Å². The molecule has 2 aromatic heterocycles. The maximum Gasteiger partial charge on any atom is 0.167 e. The van der Waals surface area contributed by atoms with Gasteiger partial charge in [-0.2, -0.15) is 0 Å². The van der Waals surface area contributed by atoms with Crippen LogP contribution in [-0.2, 0) is 10.8 Å². The number of hydrogen-bond acceptors (Lipinski definition) is 8. The summed E-state index contributed by atoms with van der Waals surface area (Å²) in [7, 11) is 0. The molecule has 0 bridgehead atoms. The standard InChI is InChI=1S/C96H58N6O2/c1-3-24-59(25-4-1)60-48-52-64(53-49-60)90-97-91(101-93(100-90)74-37-22-44-83-87(74)103-85-46-19-17-42-81(85)95(83)77-39-14-11-33-70(77)71-34-12-15-40-78(71)95)65-54-50-62(51-55-65)67-30-9-10-32-69(67)66-56-57-80-76(58-66)72-35-13-16-41-79(72)96(80)82-43-18-20-47-86(82)104-88-75(38-23-45-84(88)96)94-99-89(63-27-5-2-6-28-63)98-92(102-94)73-36-21-29-61-26-7-8-31-68(61)73/h1-58H. The molecule has 0 amide bonds. The summed E-state index contributed by atoms with van der Waals surface area (Å²) in [4.78, 5) is 32.1. The van der Waals surface area contributed by atoms with E-state index in [0.29, 0.717) is 40.7 Å². The minimum atomic E-state index is -0.775. The first-order valence-electron chi connectivity index (χ1n) is 35.2. The number of ether oxygens (including phenoxy) is 2. The van der Waals surface area contributed by atoms with Crippen molar-refractivity contribution in [3.05, 3.63) is 396 Å². The van der Waals surface area contributed by atoms with Gasteiger partial charge in [0.25, 0.3) is 0 Å². The summed E-state index contributed by atoms with van der Waals surface area (Å²) >= 11 is 0. The highest BCUT2D eigenvalue weighted by molar-refractivity contribution is 5.98. The molecular formula is C96H58N6O2. The van der Waals surface area contributed by atoms with Crippen LogP contribution in [0.2, 0.25) is 0 Å².